The minimum Gasteiger partial charge on any atom is -0.504 e. The first-order valence-corrected chi connectivity index (χ1v) is 14.8. The van der Waals surface area contributed by atoms with E-state index in [0.717, 1.165) is 11.1 Å². The quantitative estimate of drug-likeness (QED) is 0.0500. The molecule has 0 aliphatic heterocycles. The van der Waals surface area contributed by atoms with E-state index in [1.807, 2.05) is 36.4 Å². The van der Waals surface area contributed by atoms with Crippen molar-refractivity contribution in [3.05, 3.63) is 84.9 Å². The predicted octanol–water partition coefficient (Wildman–Crippen LogP) is 7.95. The molecule has 1 heterocycles. The Morgan fingerprint density at radius 2 is 0.612 bits per heavy atom. The van der Waals surface area contributed by atoms with Gasteiger partial charge in [0, 0.05) is 16.3 Å². The topological polar surface area (TPSA) is 215 Å². The maximum atomic E-state index is 11.0. The molecule has 0 saturated heterocycles. The molecule has 0 saturated carbocycles. The van der Waals surface area contributed by atoms with Crippen LogP contribution in [0.25, 0.3) is 76.9 Å². The number of phenolic OH excluding ortho intramolecular Hbond substituents is 10. The fourth-order valence-corrected chi connectivity index (χ4v) is 6.68. The van der Waals surface area contributed by atoms with Crippen LogP contribution < -0.4 is 0 Å². The summed E-state index contributed by atoms with van der Waals surface area (Å²) in [7, 11) is 0. The molecule has 8 rings (SSSR count). The summed E-state index contributed by atoms with van der Waals surface area (Å²) in [4.78, 5) is 0. The molecular formula is C38H24O11. The van der Waals surface area contributed by atoms with Crippen LogP contribution in [0.5, 0.6) is 57.5 Å². The highest BCUT2D eigenvalue weighted by atomic mass is 16.4. The molecule has 11 nitrogen and oxygen atoms in total. The van der Waals surface area contributed by atoms with Crippen molar-refractivity contribution < 1.29 is 55.5 Å². The van der Waals surface area contributed by atoms with E-state index in [4.69, 9.17) is 4.42 Å². The second kappa shape index (κ2) is 10.2. The van der Waals surface area contributed by atoms with Gasteiger partial charge < -0.3 is 55.5 Å². The van der Waals surface area contributed by atoms with Gasteiger partial charge in [-0.1, -0.05) is 60.7 Å². The lowest BCUT2D eigenvalue weighted by molar-refractivity contribution is 0.330. The van der Waals surface area contributed by atoms with E-state index >= 15 is 0 Å². The molecule has 0 spiro atoms. The van der Waals surface area contributed by atoms with E-state index < -0.39 is 57.5 Å². The van der Waals surface area contributed by atoms with Crippen molar-refractivity contribution in [2.24, 2.45) is 0 Å². The smallest absolute Gasteiger partial charge is 0.208 e. The van der Waals surface area contributed by atoms with Gasteiger partial charge in [-0.2, -0.15) is 0 Å². The van der Waals surface area contributed by atoms with Crippen molar-refractivity contribution in [1.82, 2.24) is 0 Å². The Hall–Kier alpha value is -7.14. The van der Waals surface area contributed by atoms with E-state index in [-0.39, 0.29) is 16.7 Å². The Labute approximate surface area is 274 Å². The Bertz CT molecular complexity index is 2610. The summed E-state index contributed by atoms with van der Waals surface area (Å²) in [5.74, 6) is -9.37. The summed E-state index contributed by atoms with van der Waals surface area (Å²) in [6.45, 7) is 0. The van der Waals surface area contributed by atoms with Crippen LogP contribution in [0.4, 0.5) is 0 Å². The maximum Gasteiger partial charge on any atom is 0.208 e. The number of furan rings is 1. The van der Waals surface area contributed by atoms with E-state index in [1.165, 1.54) is 6.07 Å². The summed E-state index contributed by atoms with van der Waals surface area (Å²) in [6, 6.07) is 24.6. The number of fused-ring (bicyclic) bond motifs is 5. The third-order valence-electron chi connectivity index (χ3n) is 8.97. The lowest BCUT2D eigenvalue weighted by atomic mass is 9.85. The molecule has 10 N–H and O–H groups in total. The molecule has 0 aliphatic rings. The van der Waals surface area contributed by atoms with Crippen molar-refractivity contribution in [1.29, 1.82) is 0 Å². The zero-order valence-corrected chi connectivity index (χ0v) is 25.0. The number of hydrogen-bond acceptors (Lipinski definition) is 11. The number of benzene rings is 7. The first kappa shape index (κ1) is 29.3. The van der Waals surface area contributed by atoms with Crippen molar-refractivity contribution in [2.45, 2.75) is 0 Å². The number of hydrogen-bond donors (Lipinski definition) is 10. The maximum absolute atomic E-state index is 11.0. The van der Waals surface area contributed by atoms with Crippen LogP contribution in [0.1, 0.15) is 0 Å². The molecule has 8 aromatic rings. The van der Waals surface area contributed by atoms with Crippen molar-refractivity contribution in [3.63, 3.8) is 0 Å². The second-order valence-corrected chi connectivity index (χ2v) is 11.6. The Morgan fingerprint density at radius 1 is 0.286 bits per heavy atom. The minimum atomic E-state index is -1.06. The van der Waals surface area contributed by atoms with Gasteiger partial charge in [0.15, 0.2) is 23.0 Å². The summed E-state index contributed by atoms with van der Waals surface area (Å²) in [5.41, 5.74) is 2.41. The van der Waals surface area contributed by atoms with Crippen LogP contribution in [-0.4, -0.2) is 51.1 Å². The molecule has 0 aliphatic carbocycles. The third-order valence-corrected chi connectivity index (χ3v) is 8.97. The van der Waals surface area contributed by atoms with Gasteiger partial charge >= 0.3 is 0 Å². The Balaban J connectivity index is 1.42. The molecule has 0 fully saturated rings. The fraction of sp³-hybridized carbons (Fsp3) is 0. The highest BCUT2D eigenvalue weighted by Crippen LogP contribution is 2.58. The number of rotatable bonds is 3. The zero-order valence-electron chi connectivity index (χ0n) is 25.0. The minimum absolute atomic E-state index is 0.210. The average Bonchev–Trinajstić information content (AvgIpc) is 3.48. The second-order valence-electron chi connectivity index (χ2n) is 11.6. The van der Waals surface area contributed by atoms with E-state index in [9.17, 15) is 51.1 Å². The molecule has 0 atom stereocenters. The lowest BCUT2D eigenvalue weighted by Gasteiger charge is -2.20. The van der Waals surface area contributed by atoms with Gasteiger partial charge in [-0.05, 0) is 62.5 Å². The van der Waals surface area contributed by atoms with E-state index in [2.05, 4.69) is 0 Å². The van der Waals surface area contributed by atoms with Gasteiger partial charge in [-0.15, -0.1) is 0 Å². The largest absolute Gasteiger partial charge is 0.504 e. The van der Waals surface area contributed by atoms with Crippen LogP contribution in [0.15, 0.2) is 89.3 Å². The molecule has 49 heavy (non-hydrogen) atoms. The number of phenols is 10. The normalized spacial score (nSPS) is 11.7. The molecule has 0 unspecified atom stereocenters. The molecule has 0 amide bonds. The van der Waals surface area contributed by atoms with Gasteiger partial charge in [0.25, 0.3) is 0 Å². The molecule has 242 valence electrons. The zero-order chi connectivity index (χ0) is 34.5. The monoisotopic (exact) mass is 656 g/mol. The molecular weight excluding hydrogens is 632 g/mol. The fourth-order valence-electron chi connectivity index (χ4n) is 6.68. The summed E-state index contributed by atoms with van der Waals surface area (Å²) in [5, 5.41) is 108. The first-order chi connectivity index (χ1) is 23.5. The predicted molar refractivity (Wildman–Crippen MR) is 182 cm³/mol. The van der Waals surface area contributed by atoms with E-state index in [1.54, 1.807) is 42.5 Å². The molecule has 11 heteroatoms. The average molecular weight is 657 g/mol. The SMILES string of the molecule is Oc1c(O)c(O)c(-c2ccc3oc4ccc(-c5c6ccccc6c(-c6c(O)c(O)c(O)c(O)c6O)c6ccccc56)cc4c3c2)c(O)c1O. The van der Waals surface area contributed by atoms with Gasteiger partial charge in [-0.3, -0.25) is 0 Å². The van der Waals surface area contributed by atoms with Crippen LogP contribution in [0.2, 0.25) is 0 Å². The summed E-state index contributed by atoms with van der Waals surface area (Å²) < 4.78 is 6.08. The Kier molecular flexibility index (Phi) is 6.08. The van der Waals surface area contributed by atoms with Crippen LogP contribution >= 0.6 is 0 Å². The van der Waals surface area contributed by atoms with Gasteiger partial charge in [0.1, 0.15) is 11.2 Å². The van der Waals surface area contributed by atoms with Crippen molar-refractivity contribution >= 4 is 43.5 Å². The standard InChI is InChI=1S/C38H24O11/c39-29-26(30(40)34(44)37(47)33(29)43)16-10-12-24-22(14-16)21-13-15(9-11-23(21)49-24)25-17-5-1-3-7-19(17)27(20-8-4-2-6-18(20)25)28-31(41)35(45)38(48)36(46)32(28)42/h1-14,39-48H. The van der Waals surface area contributed by atoms with Crippen LogP contribution in [-0.2, 0) is 0 Å². The van der Waals surface area contributed by atoms with Crippen molar-refractivity contribution in [2.75, 3.05) is 0 Å². The molecule has 7 aromatic carbocycles. The van der Waals surface area contributed by atoms with Crippen molar-refractivity contribution in [3.8, 4) is 90.9 Å². The lowest BCUT2D eigenvalue weighted by Crippen LogP contribution is -1.92. The van der Waals surface area contributed by atoms with Crippen LogP contribution in [0.3, 0.4) is 0 Å². The summed E-state index contributed by atoms with van der Waals surface area (Å²) in [6.07, 6.45) is 0. The van der Waals surface area contributed by atoms with Gasteiger partial charge in [0.05, 0.1) is 11.1 Å². The molecule has 1 aromatic heterocycles. The first-order valence-electron chi connectivity index (χ1n) is 14.8. The Morgan fingerprint density at radius 3 is 1.02 bits per heavy atom. The molecule has 0 radical (unpaired) electrons. The van der Waals surface area contributed by atoms with Crippen LogP contribution in [0, 0.1) is 0 Å². The summed E-state index contributed by atoms with van der Waals surface area (Å²) >= 11 is 0. The third kappa shape index (κ3) is 3.96. The van der Waals surface area contributed by atoms with Gasteiger partial charge in [-0.25, -0.2) is 0 Å². The highest BCUT2D eigenvalue weighted by Gasteiger charge is 2.28. The van der Waals surface area contributed by atoms with E-state index in [0.29, 0.717) is 49.0 Å². The highest BCUT2D eigenvalue weighted by molar-refractivity contribution is 6.23. The van der Waals surface area contributed by atoms with Gasteiger partial charge in [0.2, 0.25) is 34.5 Å². The number of aromatic hydroxyl groups is 10. The molecule has 0 bridgehead atoms.